The number of rotatable bonds is 3. The maximum Gasteiger partial charge on any atom is 0.176 e. The summed E-state index contributed by atoms with van der Waals surface area (Å²) >= 11 is 0. The van der Waals surface area contributed by atoms with Gasteiger partial charge in [0.15, 0.2) is 11.7 Å². The Morgan fingerprint density at radius 3 is 2.15 bits per heavy atom. The molecule has 0 atom stereocenters. The second-order valence-electron chi connectivity index (χ2n) is 5.99. The number of nitrogens with one attached hydrogen (secondary N) is 1. The van der Waals surface area contributed by atoms with Gasteiger partial charge < -0.3 is 0 Å². The Kier molecular flexibility index (Phi) is 5.23. The largest absolute Gasteiger partial charge is 0.259 e. The molecule has 0 amide bonds. The minimum absolute atomic E-state index is 0. The molecule has 6 heteroatoms. The molecule has 0 unspecified atom stereocenters. The Labute approximate surface area is 163 Å². The maximum atomic E-state index is 4.76. The molecule has 2 aromatic carbocycles. The number of pyridine rings is 1. The molecule has 1 aliphatic rings. The standard InChI is InChI=1S/C20H19N5.BrH/c1-15-13-19(21-14-16(15)2)25-23-20(17-9-5-3-6-10-17)22-24(25)18-11-7-4-8-12-18;/h3-14H,1-2H3,(H,22,23);1H. The summed E-state index contributed by atoms with van der Waals surface area (Å²) in [5, 5.41) is 8.46. The first-order chi connectivity index (χ1) is 12.2. The van der Waals surface area contributed by atoms with E-state index < -0.39 is 0 Å². The number of benzene rings is 2. The molecule has 3 aromatic rings. The lowest BCUT2D eigenvalue weighted by Gasteiger charge is -2.27. The molecule has 0 aliphatic carbocycles. The Morgan fingerprint density at radius 1 is 0.846 bits per heavy atom. The first-order valence-corrected chi connectivity index (χ1v) is 8.21. The van der Waals surface area contributed by atoms with Gasteiger partial charge in [0.1, 0.15) is 0 Å². The van der Waals surface area contributed by atoms with E-state index in [4.69, 9.17) is 5.10 Å². The smallest absolute Gasteiger partial charge is 0.176 e. The highest BCUT2D eigenvalue weighted by atomic mass is 79.9. The van der Waals surface area contributed by atoms with Crippen LogP contribution in [-0.2, 0) is 0 Å². The molecule has 0 spiro atoms. The number of hydrogen-bond donors (Lipinski definition) is 1. The van der Waals surface area contributed by atoms with E-state index in [-0.39, 0.29) is 17.0 Å². The summed E-state index contributed by atoms with van der Waals surface area (Å²) in [4.78, 5) is 4.56. The number of halogens is 1. The van der Waals surface area contributed by atoms with Crippen molar-refractivity contribution in [2.45, 2.75) is 13.8 Å². The summed E-state index contributed by atoms with van der Waals surface area (Å²) in [6.07, 6.45) is 1.88. The third kappa shape index (κ3) is 3.41. The van der Waals surface area contributed by atoms with Crippen molar-refractivity contribution in [1.82, 2.24) is 10.4 Å². The van der Waals surface area contributed by atoms with E-state index >= 15 is 0 Å². The molecule has 1 aliphatic heterocycles. The molecule has 132 valence electrons. The minimum Gasteiger partial charge on any atom is -0.259 e. The predicted octanol–water partition coefficient (Wildman–Crippen LogP) is 4.38. The van der Waals surface area contributed by atoms with Gasteiger partial charge in [-0.05, 0) is 43.2 Å². The highest BCUT2D eigenvalue weighted by Crippen LogP contribution is 2.25. The quantitative estimate of drug-likeness (QED) is 0.696. The number of amidine groups is 1. The van der Waals surface area contributed by atoms with E-state index in [0.29, 0.717) is 0 Å². The van der Waals surface area contributed by atoms with E-state index in [9.17, 15) is 0 Å². The van der Waals surface area contributed by atoms with Crippen LogP contribution >= 0.6 is 17.0 Å². The lowest BCUT2D eigenvalue weighted by molar-refractivity contribution is 0.758. The van der Waals surface area contributed by atoms with Crippen LogP contribution in [0.15, 0.2) is 78.0 Å². The second kappa shape index (κ2) is 7.58. The summed E-state index contributed by atoms with van der Waals surface area (Å²) in [7, 11) is 0. The highest BCUT2D eigenvalue weighted by molar-refractivity contribution is 8.93. The normalized spacial score (nSPS) is 13.1. The van der Waals surface area contributed by atoms with Crippen molar-refractivity contribution in [2.24, 2.45) is 5.10 Å². The number of aromatic nitrogens is 1. The Morgan fingerprint density at radius 2 is 1.50 bits per heavy atom. The van der Waals surface area contributed by atoms with Gasteiger partial charge in [0.05, 0.1) is 5.69 Å². The van der Waals surface area contributed by atoms with Crippen molar-refractivity contribution in [1.29, 1.82) is 0 Å². The summed E-state index contributed by atoms with van der Waals surface area (Å²) in [6, 6.07) is 22.2. The fourth-order valence-corrected chi connectivity index (χ4v) is 2.64. The molecule has 4 rings (SSSR count). The summed E-state index contributed by atoms with van der Waals surface area (Å²) in [5.74, 6) is 1.55. The van der Waals surface area contributed by atoms with Gasteiger partial charge in [0.25, 0.3) is 0 Å². The zero-order chi connectivity index (χ0) is 17.2. The van der Waals surface area contributed by atoms with Gasteiger partial charge in [-0.2, -0.15) is 5.12 Å². The van der Waals surface area contributed by atoms with E-state index in [1.165, 1.54) is 5.56 Å². The molecule has 26 heavy (non-hydrogen) atoms. The number of anilines is 2. The number of hydrazone groups is 1. The molecule has 0 radical (unpaired) electrons. The van der Waals surface area contributed by atoms with Crippen LogP contribution in [-0.4, -0.2) is 10.8 Å². The van der Waals surface area contributed by atoms with Crippen LogP contribution in [0.3, 0.4) is 0 Å². The SMILES string of the molecule is Br.Cc1cnc(N2N=C(c3ccccc3)NN2c2ccccc2)cc1C. The lowest BCUT2D eigenvalue weighted by atomic mass is 10.2. The van der Waals surface area contributed by atoms with Crippen LogP contribution in [0.1, 0.15) is 16.7 Å². The summed E-state index contributed by atoms with van der Waals surface area (Å²) in [5.41, 5.74) is 7.73. The van der Waals surface area contributed by atoms with Crippen LogP contribution < -0.4 is 15.7 Å². The molecule has 1 aromatic heterocycles. The number of hydrogen-bond acceptors (Lipinski definition) is 5. The molecular formula is C20H20BrN5. The van der Waals surface area contributed by atoms with Crippen molar-refractivity contribution in [2.75, 3.05) is 10.2 Å². The summed E-state index contributed by atoms with van der Waals surface area (Å²) in [6.45, 7) is 4.14. The molecule has 5 nitrogen and oxygen atoms in total. The molecule has 0 bridgehead atoms. The Hall–Kier alpha value is -2.86. The van der Waals surface area contributed by atoms with Crippen molar-refractivity contribution in [3.8, 4) is 0 Å². The fourth-order valence-electron chi connectivity index (χ4n) is 2.64. The first kappa shape index (κ1) is 17.9. The third-order valence-electron chi connectivity index (χ3n) is 4.21. The Bertz CT molecular complexity index is 912. The van der Waals surface area contributed by atoms with Gasteiger partial charge in [-0.3, -0.25) is 5.43 Å². The van der Waals surface area contributed by atoms with Gasteiger partial charge in [-0.25, -0.2) is 4.98 Å². The first-order valence-electron chi connectivity index (χ1n) is 8.21. The van der Waals surface area contributed by atoms with E-state index in [0.717, 1.165) is 28.5 Å². The number of nitrogens with zero attached hydrogens (tertiary/aromatic N) is 4. The number of hydrazine groups is 2. The van der Waals surface area contributed by atoms with Gasteiger partial charge in [0.2, 0.25) is 0 Å². The van der Waals surface area contributed by atoms with Crippen LogP contribution in [0.5, 0.6) is 0 Å². The van der Waals surface area contributed by atoms with E-state index in [1.807, 2.05) is 78.0 Å². The maximum absolute atomic E-state index is 4.76. The topological polar surface area (TPSA) is 43.8 Å². The monoisotopic (exact) mass is 409 g/mol. The lowest BCUT2D eigenvalue weighted by Crippen LogP contribution is -2.45. The molecule has 0 saturated heterocycles. The zero-order valence-corrected chi connectivity index (χ0v) is 16.3. The minimum atomic E-state index is 0. The zero-order valence-electron chi connectivity index (χ0n) is 14.6. The van der Waals surface area contributed by atoms with Crippen molar-refractivity contribution in [3.05, 3.63) is 89.6 Å². The summed E-state index contributed by atoms with van der Waals surface area (Å²) < 4.78 is 0. The molecular weight excluding hydrogens is 390 g/mol. The van der Waals surface area contributed by atoms with Crippen LogP contribution in [0.4, 0.5) is 11.5 Å². The van der Waals surface area contributed by atoms with Crippen molar-refractivity contribution < 1.29 is 0 Å². The molecule has 0 saturated carbocycles. The van der Waals surface area contributed by atoms with Crippen molar-refractivity contribution in [3.63, 3.8) is 0 Å². The number of para-hydroxylation sites is 1. The second-order valence-corrected chi connectivity index (χ2v) is 5.99. The van der Waals surface area contributed by atoms with E-state index in [1.54, 1.807) is 5.12 Å². The van der Waals surface area contributed by atoms with Gasteiger partial charge in [-0.1, -0.05) is 48.5 Å². The van der Waals surface area contributed by atoms with Crippen LogP contribution in [0.2, 0.25) is 0 Å². The molecule has 0 fully saturated rings. The number of aryl methyl sites for hydroxylation is 2. The van der Waals surface area contributed by atoms with Gasteiger partial charge >= 0.3 is 0 Å². The van der Waals surface area contributed by atoms with Gasteiger partial charge in [-0.15, -0.1) is 27.2 Å². The van der Waals surface area contributed by atoms with E-state index in [2.05, 4.69) is 24.3 Å². The molecule has 1 N–H and O–H groups in total. The van der Waals surface area contributed by atoms with Gasteiger partial charge in [0, 0.05) is 11.8 Å². The average Bonchev–Trinajstić information content (AvgIpc) is 3.11. The van der Waals surface area contributed by atoms with Crippen molar-refractivity contribution >= 4 is 34.3 Å². The Balaban J connectivity index is 0.00000196. The third-order valence-corrected chi connectivity index (χ3v) is 4.21. The van der Waals surface area contributed by atoms with Crippen LogP contribution in [0, 0.1) is 13.8 Å². The average molecular weight is 410 g/mol. The highest BCUT2D eigenvalue weighted by Gasteiger charge is 2.27. The predicted molar refractivity (Wildman–Crippen MR) is 112 cm³/mol. The fraction of sp³-hybridized carbons (Fsp3) is 0.100. The molecule has 2 heterocycles. The van der Waals surface area contributed by atoms with Crippen LogP contribution in [0.25, 0.3) is 0 Å².